The van der Waals surface area contributed by atoms with Crippen LogP contribution in [0.2, 0.25) is 0 Å². The van der Waals surface area contributed by atoms with Gasteiger partial charge in [-0.15, -0.1) is 0 Å². The molecule has 1 aromatic heterocycles. The zero-order valence-corrected chi connectivity index (χ0v) is 10.8. The van der Waals surface area contributed by atoms with E-state index >= 15 is 0 Å². The molecule has 0 radical (unpaired) electrons. The molecule has 0 aliphatic carbocycles. The minimum Gasteiger partial charge on any atom is -0.395 e. The fourth-order valence-electron chi connectivity index (χ4n) is 1.21. The van der Waals surface area contributed by atoms with E-state index in [0.29, 0.717) is 37.5 Å². The summed E-state index contributed by atoms with van der Waals surface area (Å²) >= 11 is 0. The smallest absolute Gasteiger partial charge is 0.229 e. The second-order valence-electron chi connectivity index (χ2n) is 3.97. The van der Waals surface area contributed by atoms with Crippen LogP contribution in [0.15, 0.2) is 0 Å². The topological polar surface area (TPSA) is 121 Å². The molecular weight excluding hydrogens is 234 g/mol. The predicted octanol–water partition coefficient (Wildman–Crippen LogP) is -0.533. The summed E-state index contributed by atoms with van der Waals surface area (Å²) in [6.07, 6.45) is 0. The summed E-state index contributed by atoms with van der Waals surface area (Å²) < 4.78 is 0. The number of aliphatic hydroxyl groups excluding tert-OH is 1. The molecule has 6 N–H and O–H groups in total. The van der Waals surface area contributed by atoms with Crippen LogP contribution in [0.3, 0.4) is 0 Å². The molecule has 0 saturated heterocycles. The molecule has 0 saturated carbocycles. The van der Waals surface area contributed by atoms with Crippen LogP contribution in [-0.2, 0) is 0 Å². The number of hydrogen-bond donors (Lipinski definition) is 5. The van der Waals surface area contributed by atoms with Gasteiger partial charge in [0.15, 0.2) is 0 Å². The molecular formula is C10H21N7O. The first-order valence-corrected chi connectivity index (χ1v) is 5.97. The Balaban J connectivity index is 2.81. The predicted molar refractivity (Wildman–Crippen MR) is 71.7 cm³/mol. The monoisotopic (exact) mass is 255 g/mol. The van der Waals surface area contributed by atoms with Gasteiger partial charge in [0.05, 0.1) is 6.61 Å². The summed E-state index contributed by atoms with van der Waals surface area (Å²) in [5, 5.41) is 17.8. The van der Waals surface area contributed by atoms with Crippen LogP contribution in [-0.4, -0.2) is 52.3 Å². The molecule has 0 aliphatic rings. The van der Waals surface area contributed by atoms with Gasteiger partial charge in [-0.1, -0.05) is 0 Å². The van der Waals surface area contributed by atoms with E-state index in [0.717, 1.165) is 0 Å². The molecule has 18 heavy (non-hydrogen) atoms. The molecule has 102 valence electrons. The molecule has 0 aliphatic heterocycles. The average molecular weight is 255 g/mol. The van der Waals surface area contributed by atoms with E-state index in [-0.39, 0.29) is 12.6 Å². The lowest BCUT2D eigenvalue weighted by atomic mass is 10.4. The Morgan fingerprint density at radius 3 is 2.11 bits per heavy atom. The zero-order valence-electron chi connectivity index (χ0n) is 10.8. The first kappa shape index (κ1) is 14.4. The first-order valence-electron chi connectivity index (χ1n) is 5.97. The second-order valence-corrected chi connectivity index (χ2v) is 3.97. The lowest BCUT2D eigenvalue weighted by molar-refractivity contribution is 0.311. The van der Waals surface area contributed by atoms with E-state index in [2.05, 4.69) is 30.9 Å². The highest BCUT2D eigenvalue weighted by atomic mass is 16.3. The van der Waals surface area contributed by atoms with Crippen LogP contribution in [0.4, 0.5) is 17.8 Å². The zero-order chi connectivity index (χ0) is 13.4. The van der Waals surface area contributed by atoms with Crippen molar-refractivity contribution < 1.29 is 5.11 Å². The van der Waals surface area contributed by atoms with Crippen LogP contribution in [0.1, 0.15) is 13.8 Å². The molecule has 0 fully saturated rings. The van der Waals surface area contributed by atoms with Crippen LogP contribution in [0.25, 0.3) is 0 Å². The maximum atomic E-state index is 8.77. The van der Waals surface area contributed by atoms with Crippen LogP contribution < -0.4 is 21.7 Å². The minimum absolute atomic E-state index is 0.0180. The highest BCUT2D eigenvalue weighted by Gasteiger charge is 2.06. The maximum Gasteiger partial charge on any atom is 0.229 e. The molecule has 0 aromatic carbocycles. The number of nitrogens with one attached hydrogen (secondary N) is 3. The summed E-state index contributed by atoms with van der Waals surface area (Å²) in [6, 6.07) is 0.223. The first-order chi connectivity index (χ1) is 8.65. The Kier molecular flexibility index (Phi) is 6.09. The van der Waals surface area contributed by atoms with Crippen molar-refractivity contribution in [3.8, 4) is 0 Å². The molecule has 0 amide bonds. The van der Waals surface area contributed by atoms with Crippen molar-refractivity contribution in [1.82, 2.24) is 15.0 Å². The van der Waals surface area contributed by atoms with Gasteiger partial charge < -0.3 is 26.8 Å². The number of hydrogen-bond acceptors (Lipinski definition) is 8. The highest BCUT2D eigenvalue weighted by molar-refractivity contribution is 5.42. The third-order valence-electron chi connectivity index (χ3n) is 1.88. The SMILES string of the molecule is CC(C)Nc1nc(NCCN)nc(NCCO)n1. The Morgan fingerprint density at radius 1 is 1.06 bits per heavy atom. The normalized spacial score (nSPS) is 10.5. The van der Waals surface area contributed by atoms with Crippen LogP contribution in [0.5, 0.6) is 0 Å². The molecule has 1 aromatic rings. The summed E-state index contributed by atoms with van der Waals surface area (Å²) in [7, 11) is 0. The molecule has 8 nitrogen and oxygen atoms in total. The number of aliphatic hydroxyl groups is 1. The Hall–Kier alpha value is -1.67. The van der Waals surface area contributed by atoms with Crippen molar-refractivity contribution in [3.05, 3.63) is 0 Å². The molecule has 0 bridgehead atoms. The fourth-order valence-corrected chi connectivity index (χ4v) is 1.21. The molecule has 0 spiro atoms. The minimum atomic E-state index is 0.0180. The number of anilines is 3. The van der Waals surface area contributed by atoms with E-state index in [4.69, 9.17) is 10.8 Å². The summed E-state index contributed by atoms with van der Waals surface area (Å²) in [5.74, 6) is 1.36. The van der Waals surface area contributed by atoms with E-state index in [9.17, 15) is 0 Å². The highest BCUT2D eigenvalue weighted by Crippen LogP contribution is 2.09. The number of nitrogens with zero attached hydrogens (tertiary/aromatic N) is 3. The van der Waals surface area contributed by atoms with Crippen LogP contribution >= 0.6 is 0 Å². The van der Waals surface area contributed by atoms with Crippen LogP contribution in [0, 0.1) is 0 Å². The van der Waals surface area contributed by atoms with Crippen molar-refractivity contribution >= 4 is 17.8 Å². The average Bonchev–Trinajstić information content (AvgIpc) is 2.33. The second kappa shape index (κ2) is 7.62. The van der Waals surface area contributed by atoms with E-state index in [1.807, 2.05) is 13.8 Å². The van der Waals surface area contributed by atoms with Crippen molar-refractivity contribution in [2.75, 3.05) is 42.2 Å². The summed E-state index contributed by atoms with van der Waals surface area (Å²) in [6.45, 7) is 5.49. The number of aromatic nitrogens is 3. The third kappa shape index (κ3) is 5.11. The van der Waals surface area contributed by atoms with Gasteiger partial charge >= 0.3 is 0 Å². The molecule has 1 rings (SSSR count). The summed E-state index contributed by atoms with van der Waals surface area (Å²) in [4.78, 5) is 12.6. The number of rotatable bonds is 8. The molecule has 8 heteroatoms. The van der Waals surface area contributed by atoms with Crippen molar-refractivity contribution in [1.29, 1.82) is 0 Å². The van der Waals surface area contributed by atoms with Crippen molar-refractivity contribution in [2.24, 2.45) is 5.73 Å². The van der Waals surface area contributed by atoms with Gasteiger partial charge in [0, 0.05) is 25.7 Å². The number of nitrogens with two attached hydrogens (primary N) is 1. The third-order valence-corrected chi connectivity index (χ3v) is 1.88. The van der Waals surface area contributed by atoms with Gasteiger partial charge in [0.1, 0.15) is 0 Å². The van der Waals surface area contributed by atoms with Crippen molar-refractivity contribution in [2.45, 2.75) is 19.9 Å². The quantitative estimate of drug-likeness (QED) is 0.420. The Bertz CT molecular complexity index is 332. The van der Waals surface area contributed by atoms with Gasteiger partial charge in [-0.25, -0.2) is 0 Å². The molecule has 0 unspecified atom stereocenters. The Labute approximate surface area is 106 Å². The lowest BCUT2D eigenvalue weighted by Crippen LogP contribution is -2.19. The van der Waals surface area contributed by atoms with Gasteiger partial charge in [0.2, 0.25) is 17.8 Å². The van der Waals surface area contributed by atoms with Gasteiger partial charge in [0.25, 0.3) is 0 Å². The van der Waals surface area contributed by atoms with Gasteiger partial charge in [-0.3, -0.25) is 0 Å². The fraction of sp³-hybridized carbons (Fsp3) is 0.700. The molecule has 1 heterocycles. The van der Waals surface area contributed by atoms with Crippen molar-refractivity contribution in [3.63, 3.8) is 0 Å². The largest absolute Gasteiger partial charge is 0.395 e. The van der Waals surface area contributed by atoms with E-state index in [1.54, 1.807) is 0 Å². The lowest BCUT2D eigenvalue weighted by Gasteiger charge is -2.12. The maximum absolute atomic E-state index is 8.77. The van der Waals surface area contributed by atoms with Gasteiger partial charge in [-0.2, -0.15) is 15.0 Å². The van der Waals surface area contributed by atoms with E-state index < -0.39 is 0 Å². The standard InChI is InChI=1S/C10H21N7O/c1-7(2)14-10-16-8(12-4-3-11)15-9(17-10)13-5-6-18/h7,18H,3-6,11H2,1-2H3,(H3,12,13,14,15,16,17). The molecule has 0 atom stereocenters. The van der Waals surface area contributed by atoms with Gasteiger partial charge in [-0.05, 0) is 13.8 Å². The Morgan fingerprint density at radius 2 is 1.61 bits per heavy atom. The van der Waals surface area contributed by atoms with E-state index in [1.165, 1.54) is 0 Å². The summed E-state index contributed by atoms with van der Waals surface area (Å²) in [5.41, 5.74) is 5.42.